The van der Waals surface area contributed by atoms with Gasteiger partial charge in [0.25, 0.3) is 0 Å². The van der Waals surface area contributed by atoms with E-state index in [-0.39, 0.29) is 0 Å². The highest BCUT2D eigenvalue weighted by Crippen LogP contribution is 2.06. The summed E-state index contributed by atoms with van der Waals surface area (Å²) in [5.74, 6) is 7.95. The monoisotopic (exact) mass is 338 g/mol. The average molecular weight is 338 g/mol. The Labute approximate surface area is 143 Å². The first-order valence-corrected chi connectivity index (χ1v) is 9.11. The van der Waals surface area contributed by atoms with Gasteiger partial charge in [0.2, 0.25) is 0 Å². The van der Waals surface area contributed by atoms with Gasteiger partial charge in [-0.25, -0.2) is 4.68 Å². The number of hydrogen-bond donors (Lipinski definition) is 1. The Balaban J connectivity index is 1.36. The normalized spacial score (nSPS) is 20.5. The molecule has 2 N–H and O–H groups in total. The van der Waals surface area contributed by atoms with Crippen molar-refractivity contribution in [2.75, 3.05) is 71.5 Å². The summed E-state index contributed by atoms with van der Waals surface area (Å²) in [5.41, 5.74) is 0. The number of morpholine rings is 2. The van der Waals surface area contributed by atoms with Crippen LogP contribution in [0.3, 0.4) is 0 Å². The zero-order valence-electron chi connectivity index (χ0n) is 14.5. The molecule has 0 spiro atoms. The number of nitrogen functional groups attached to an aromatic ring is 1. The number of nitrogens with two attached hydrogens (primary N) is 1. The van der Waals surface area contributed by atoms with Gasteiger partial charge in [0.05, 0.1) is 26.4 Å². The summed E-state index contributed by atoms with van der Waals surface area (Å²) < 4.78 is 12.4. The predicted molar refractivity (Wildman–Crippen MR) is 91.3 cm³/mol. The van der Waals surface area contributed by atoms with Gasteiger partial charge in [0.15, 0.2) is 11.6 Å². The van der Waals surface area contributed by atoms with E-state index in [0.29, 0.717) is 0 Å². The fourth-order valence-electron chi connectivity index (χ4n) is 3.27. The van der Waals surface area contributed by atoms with E-state index < -0.39 is 0 Å². The lowest BCUT2D eigenvalue weighted by Gasteiger charge is -2.26. The average Bonchev–Trinajstić information content (AvgIpc) is 2.97. The van der Waals surface area contributed by atoms with Crippen LogP contribution in [-0.2, 0) is 22.3 Å². The topological polar surface area (TPSA) is 81.7 Å². The van der Waals surface area contributed by atoms with Crippen LogP contribution in [0.5, 0.6) is 0 Å². The lowest BCUT2D eigenvalue weighted by Crippen LogP contribution is -2.37. The number of hydrogen-bond acceptors (Lipinski definition) is 7. The Morgan fingerprint density at radius 3 is 1.58 bits per heavy atom. The molecule has 8 heteroatoms. The molecule has 3 rings (SSSR count). The van der Waals surface area contributed by atoms with Crippen molar-refractivity contribution in [3.8, 4) is 0 Å². The molecule has 0 unspecified atom stereocenters. The summed E-state index contributed by atoms with van der Waals surface area (Å²) in [6.45, 7) is 9.65. The van der Waals surface area contributed by atoms with Crippen LogP contribution in [0.1, 0.15) is 24.5 Å². The standard InChI is InChI=1S/C16H30N6O2/c17-22-15(3-1-5-20-7-11-23-12-8-20)18-19-16(22)4-2-6-21-9-13-24-14-10-21/h1-14,17H2. The highest BCUT2D eigenvalue weighted by molar-refractivity contribution is 4.96. The van der Waals surface area contributed by atoms with Crippen molar-refractivity contribution in [3.63, 3.8) is 0 Å². The van der Waals surface area contributed by atoms with Crippen molar-refractivity contribution < 1.29 is 9.47 Å². The molecular weight excluding hydrogens is 308 g/mol. The summed E-state index contributed by atoms with van der Waals surface area (Å²) in [4.78, 5) is 4.87. The van der Waals surface area contributed by atoms with E-state index in [0.717, 1.165) is 103 Å². The molecule has 2 fully saturated rings. The molecule has 2 saturated heterocycles. The van der Waals surface area contributed by atoms with Crippen molar-refractivity contribution in [3.05, 3.63) is 11.6 Å². The first-order valence-electron chi connectivity index (χ1n) is 9.11. The summed E-state index contributed by atoms with van der Waals surface area (Å²) >= 11 is 0. The molecule has 1 aromatic heterocycles. The Kier molecular flexibility index (Phi) is 6.83. The van der Waals surface area contributed by atoms with Gasteiger partial charge in [0, 0.05) is 39.0 Å². The Bertz CT molecular complexity index is 441. The maximum absolute atomic E-state index is 6.17. The summed E-state index contributed by atoms with van der Waals surface area (Å²) in [7, 11) is 0. The Morgan fingerprint density at radius 2 is 1.17 bits per heavy atom. The number of aryl methyl sites for hydroxylation is 2. The minimum atomic E-state index is 0.848. The van der Waals surface area contributed by atoms with Crippen molar-refractivity contribution in [1.82, 2.24) is 24.7 Å². The molecule has 0 aliphatic carbocycles. The van der Waals surface area contributed by atoms with Crippen LogP contribution in [-0.4, -0.2) is 90.4 Å². The molecule has 0 saturated carbocycles. The van der Waals surface area contributed by atoms with E-state index in [1.54, 1.807) is 4.68 Å². The van der Waals surface area contributed by atoms with Gasteiger partial charge in [-0.05, 0) is 25.9 Å². The molecule has 3 heterocycles. The highest BCUT2D eigenvalue weighted by Gasteiger charge is 2.14. The lowest BCUT2D eigenvalue weighted by molar-refractivity contribution is 0.0374. The van der Waals surface area contributed by atoms with Gasteiger partial charge >= 0.3 is 0 Å². The van der Waals surface area contributed by atoms with Crippen LogP contribution >= 0.6 is 0 Å². The molecule has 0 amide bonds. The van der Waals surface area contributed by atoms with Crippen molar-refractivity contribution in [1.29, 1.82) is 0 Å². The zero-order valence-corrected chi connectivity index (χ0v) is 14.5. The zero-order chi connectivity index (χ0) is 16.6. The highest BCUT2D eigenvalue weighted by atomic mass is 16.5. The minimum absolute atomic E-state index is 0.848. The van der Waals surface area contributed by atoms with Gasteiger partial charge in [-0.15, -0.1) is 10.2 Å². The van der Waals surface area contributed by atoms with E-state index in [4.69, 9.17) is 15.3 Å². The Hall–Kier alpha value is -1.22. The molecule has 1 aromatic rings. The quantitative estimate of drug-likeness (QED) is 0.641. The fraction of sp³-hybridized carbons (Fsp3) is 0.875. The molecule has 136 valence electrons. The third-order valence-electron chi connectivity index (χ3n) is 4.79. The lowest BCUT2D eigenvalue weighted by atomic mass is 10.2. The van der Waals surface area contributed by atoms with Crippen molar-refractivity contribution >= 4 is 0 Å². The van der Waals surface area contributed by atoms with Crippen molar-refractivity contribution in [2.24, 2.45) is 0 Å². The molecular formula is C16H30N6O2. The van der Waals surface area contributed by atoms with E-state index in [1.165, 1.54) is 0 Å². The van der Waals surface area contributed by atoms with Gasteiger partial charge in [0.1, 0.15) is 0 Å². The van der Waals surface area contributed by atoms with Gasteiger partial charge in [-0.3, -0.25) is 9.80 Å². The van der Waals surface area contributed by atoms with E-state index in [2.05, 4.69) is 20.0 Å². The Morgan fingerprint density at radius 1 is 0.750 bits per heavy atom. The number of ether oxygens (including phenoxy) is 2. The summed E-state index contributed by atoms with van der Waals surface area (Å²) in [6.07, 6.45) is 3.88. The summed E-state index contributed by atoms with van der Waals surface area (Å²) in [5, 5.41) is 8.55. The molecule has 24 heavy (non-hydrogen) atoms. The first-order chi connectivity index (χ1) is 11.8. The second-order valence-electron chi connectivity index (χ2n) is 6.52. The predicted octanol–water partition coefficient (Wildman–Crippen LogP) is -0.478. The maximum Gasteiger partial charge on any atom is 0.151 e. The largest absolute Gasteiger partial charge is 0.379 e. The number of aromatic nitrogens is 3. The second-order valence-corrected chi connectivity index (χ2v) is 6.52. The molecule has 0 radical (unpaired) electrons. The molecule has 0 bridgehead atoms. The fourth-order valence-corrected chi connectivity index (χ4v) is 3.27. The van der Waals surface area contributed by atoms with Crippen LogP contribution < -0.4 is 5.84 Å². The van der Waals surface area contributed by atoms with Gasteiger partial charge < -0.3 is 15.3 Å². The summed E-state index contributed by atoms with van der Waals surface area (Å²) in [6, 6.07) is 0. The smallest absolute Gasteiger partial charge is 0.151 e. The van der Waals surface area contributed by atoms with Crippen molar-refractivity contribution in [2.45, 2.75) is 25.7 Å². The molecule has 2 aliphatic rings. The molecule has 2 aliphatic heterocycles. The molecule has 0 atom stereocenters. The third kappa shape index (κ3) is 5.14. The SMILES string of the molecule is Nn1c(CCCN2CCOCC2)nnc1CCCN1CCOCC1. The molecule has 0 aromatic carbocycles. The first kappa shape index (κ1) is 17.6. The van der Waals surface area contributed by atoms with E-state index >= 15 is 0 Å². The van der Waals surface area contributed by atoms with Crippen LogP contribution in [0.15, 0.2) is 0 Å². The van der Waals surface area contributed by atoms with Gasteiger partial charge in [-0.1, -0.05) is 0 Å². The molecule has 8 nitrogen and oxygen atoms in total. The number of nitrogens with zero attached hydrogens (tertiary/aromatic N) is 5. The number of rotatable bonds is 8. The maximum atomic E-state index is 6.17. The van der Waals surface area contributed by atoms with Crippen LogP contribution in [0.4, 0.5) is 0 Å². The minimum Gasteiger partial charge on any atom is -0.379 e. The van der Waals surface area contributed by atoms with E-state index in [9.17, 15) is 0 Å². The van der Waals surface area contributed by atoms with Gasteiger partial charge in [-0.2, -0.15) is 0 Å². The van der Waals surface area contributed by atoms with Crippen LogP contribution in [0.25, 0.3) is 0 Å². The van der Waals surface area contributed by atoms with E-state index in [1.807, 2.05) is 0 Å². The van der Waals surface area contributed by atoms with Crippen LogP contribution in [0.2, 0.25) is 0 Å². The van der Waals surface area contributed by atoms with Crippen LogP contribution in [0, 0.1) is 0 Å². The second kappa shape index (κ2) is 9.31. The third-order valence-corrected chi connectivity index (χ3v) is 4.79.